The molecule has 1 heterocycles. The fraction of sp³-hybridized carbons (Fsp3) is 0.467. The number of esters is 1. The Balaban J connectivity index is 2.02. The van der Waals surface area contributed by atoms with Crippen LogP contribution in [-0.4, -0.2) is 23.6 Å². The zero-order valence-electron chi connectivity index (χ0n) is 12.1. The molecule has 0 aliphatic carbocycles. The number of aromatic nitrogens is 1. The first-order valence-electron chi connectivity index (χ1n) is 6.91. The van der Waals surface area contributed by atoms with Crippen molar-refractivity contribution in [1.82, 2.24) is 4.98 Å². The van der Waals surface area contributed by atoms with Crippen molar-refractivity contribution in [3.63, 3.8) is 0 Å². The number of rotatable bonds is 6. The molecule has 108 valence electrons. The Bertz CT molecular complexity index is 593. The number of aryl methyl sites for hydroxylation is 1. The normalized spacial score (nSPS) is 11.0. The lowest BCUT2D eigenvalue weighted by molar-refractivity contribution is -0.147. The van der Waals surface area contributed by atoms with Crippen LogP contribution >= 0.6 is 11.3 Å². The molecule has 0 aliphatic rings. The topological polar surface area (TPSA) is 51.2 Å². The molecule has 0 amide bonds. The van der Waals surface area contributed by atoms with E-state index >= 15 is 0 Å². The Kier molecular flexibility index (Phi) is 4.95. The largest absolute Gasteiger partial charge is 0.463 e. The first-order valence-corrected chi connectivity index (χ1v) is 7.73. The minimum Gasteiger partial charge on any atom is -0.463 e. The zero-order valence-corrected chi connectivity index (χ0v) is 12.9. The van der Waals surface area contributed by atoms with Gasteiger partial charge in [-0.05, 0) is 44.9 Å². The number of thiazole rings is 1. The number of nitrogens with zero attached hydrogens (tertiary/aromatic N) is 1. The van der Waals surface area contributed by atoms with Crippen molar-refractivity contribution in [1.29, 1.82) is 0 Å². The van der Waals surface area contributed by atoms with Crippen molar-refractivity contribution >= 4 is 32.7 Å². The van der Waals surface area contributed by atoms with E-state index in [2.05, 4.69) is 23.3 Å². The Hall–Kier alpha value is -1.62. The van der Waals surface area contributed by atoms with E-state index in [-0.39, 0.29) is 12.1 Å². The highest BCUT2D eigenvalue weighted by Gasteiger charge is 2.08. The predicted octanol–water partition coefficient (Wildman–Crippen LogP) is 3.61. The van der Waals surface area contributed by atoms with Gasteiger partial charge in [-0.3, -0.25) is 4.79 Å². The highest BCUT2D eigenvalue weighted by Crippen LogP contribution is 2.27. The molecule has 0 radical (unpaired) electrons. The van der Waals surface area contributed by atoms with E-state index in [1.807, 2.05) is 26.0 Å². The summed E-state index contributed by atoms with van der Waals surface area (Å²) in [6, 6.07) is 6.15. The van der Waals surface area contributed by atoms with E-state index in [1.54, 1.807) is 11.3 Å². The van der Waals surface area contributed by atoms with E-state index in [4.69, 9.17) is 4.74 Å². The number of hydrogen-bond donors (Lipinski definition) is 1. The minimum atomic E-state index is -0.141. The Morgan fingerprint density at radius 2 is 2.25 bits per heavy atom. The number of fused-ring (bicyclic) bond motifs is 1. The number of anilines is 1. The molecule has 5 heteroatoms. The molecule has 2 rings (SSSR count). The van der Waals surface area contributed by atoms with Crippen LogP contribution in [0.2, 0.25) is 0 Å². The van der Waals surface area contributed by atoms with Gasteiger partial charge in [0.2, 0.25) is 0 Å². The first kappa shape index (κ1) is 14.8. The summed E-state index contributed by atoms with van der Waals surface area (Å²) in [6.07, 6.45) is 1.08. The number of nitrogens with one attached hydrogen (secondary N) is 1. The van der Waals surface area contributed by atoms with Crippen molar-refractivity contribution in [2.24, 2.45) is 0 Å². The van der Waals surface area contributed by atoms with Crippen LogP contribution in [0.5, 0.6) is 0 Å². The van der Waals surface area contributed by atoms with Gasteiger partial charge >= 0.3 is 5.97 Å². The Morgan fingerprint density at radius 1 is 1.45 bits per heavy atom. The van der Waals surface area contributed by atoms with Gasteiger partial charge in [-0.15, -0.1) is 0 Å². The molecule has 1 aromatic carbocycles. The van der Waals surface area contributed by atoms with Crippen LogP contribution in [0.1, 0.15) is 32.8 Å². The summed E-state index contributed by atoms with van der Waals surface area (Å²) in [5.74, 6) is -0.141. The summed E-state index contributed by atoms with van der Waals surface area (Å²) in [5.41, 5.74) is 2.14. The van der Waals surface area contributed by atoms with Crippen LogP contribution in [0, 0.1) is 0 Å². The highest BCUT2D eigenvalue weighted by molar-refractivity contribution is 7.22. The van der Waals surface area contributed by atoms with Crippen molar-refractivity contribution < 1.29 is 9.53 Å². The van der Waals surface area contributed by atoms with Gasteiger partial charge in [0.05, 0.1) is 16.3 Å². The average molecular weight is 292 g/mol. The Labute approximate surface area is 123 Å². The lowest BCUT2D eigenvalue weighted by atomic mass is 10.1. The smallest absolute Gasteiger partial charge is 0.306 e. The number of ether oxygens (including phenoxy) is 1. The number of hydrogen-bond acceptors (Lipinski definition) is 5. The lowest BCUT2D eigenvalue weighted by Crippen LogP contribution is -2.11. The second-order valence-corrected chi connectivity index (χ2v) is 5.92. The Morgan fingerprint density at radius 3 is 2.95 bits per heavy atom. The molecule has 1 N–H and O–H groups in total. The molecule has 0 atom stereocenters. The number of benzene rings is 1. The van der Waals surface area contributed by atoms with E-state index < -0.39 is 0 Å². The van der Waals surface area contributed by atoms with Gasteiger partial charge in [0.25, 0.3) is 0 Å². The van der Waals surface area contributed by atoms with Crippen LogP contribution in [-0.2, 0) is 16.0 Å². The molecule has 0 bridgehead atoms. The molecule has 0 spiro atoms. The highest BCUT2D eigenvalue weighted by atomic mass is 32.1. The summed E-state index contributed by atoms with van der Waals surface area (Å²) in [7, 11) is 0. The van der Waals surface area contributed by atoms with Crippen molar-refractivity contribution in [2.75, 3.05) is 11.9 Å². The third-order valence-electron chi connectivity index (χ3n) is 2.77. The molecule has 0 fully saturated rings. The minimum absolute atomic E-state index is 0.0471. The van der Waals surface area contributed by atoms with Gasteiger partial charge in [0, 0.05) is 13.0 Å². The van der Waals surface area contributed by atoms with E-state index in [1.165, 1.54) is 0 Å². The van der Waals surface area contributed by atoms with Crippen molar-refractivity contribution in [3.8, 4) is 0 Å². The first-order chi connectivity index (χ1) is 9.58. The number of carbonyl (C=O) groups excluding carboxylic acids is 1. The maximum Gasteiger partial charge on any atom is 0.306 e. The summed E-state index contributed by atoms with van der Waals surface area (Å²) in [4.78, 5) is 16.0. The van der Waals surface area contributed by atoms with Crippen LogP contribution in [0.15, 0.2) is 18.2 Å². The van der Waals surface area contributed by atoms with Crippen LogP contribution in [0.4, 0.5) is 5.13 Å². The van der Waals surface area contributed by atoms with E-state index in [0.717, 1.165) is 27.5 Å². The summed E-state index contributed by atoms with van der Waals surface area (Å²) in [6.45, 7) is 6.65. The maximum atomic E-state index is 11.5. The molecular formula is C15H20N2O2S. The standard InChI is InChI=1S/C15H20N2O2S/c1-4-16-15-17-12-7-5-11(9-13(12)20-15)6-8-14(18)19-10(2)3/h5,7,9-10H,4,6,8H2,1-3H3,(H,16,17). The second-order valence-electron chi connectivity index (χ2n) is 4.89. The van der Waals surface area contributed by atoms with Gasteiger partial charge in [-0.25, -0.2) is 4.98 Å². The van der Waals surface area contributed by atoms with E-state index in [9.17, 15) is 4.79 Å². The third-order valence-corrected chi connectivity index (χ3v) is 3.74. The SMILES string of the molecule is CCNc1nc2ccc(CCC(=O)OC(C)C)cc2s1. The van der Waals surface area contributed by atoms with Gasteiger partial charge in [-0.1, -0.05) is 17.4 Å². The second kappa shape index (κ2) is 6.70. The maximum absolute atomic E-state index is 11.5. The third kappa shape index (κ3) is 3.93. The molecule has 1 aromatic heterocycles. The zero-order chi connectivity index (χ0) is 14.5. The van der Waals surface area contributed by atoms with Gasteiger partial charge in [0.15, 0.2) is 5.13 Å². The summed E-state index contributed by atoms with van der Waals surface area (Å²) < 4.78 is 6.29. The molecule has 0 saturated heterocycles. The van der Waals surface area contributed by atoms with Crippen molar-refractivity contribution in [3.05, 3.63) is 23.8 Å². The molecule has 0 unspecified atom stereocenters. The van der Waals surface area contributed by atoms with Gasteiger partial charge < -0.3 is 10.1 Å². The summed E-state index contributed by atoms with van der Waals surface area (Å²) >= 11 is 1.64. The average Bonchev–Trinajstić information content (AvgIpc) is 2.77. The fourth-order valence-corrected chi connectivity index (χ4v) is 2.92. The predicted molar refractivity (Wildman–Crippen MR) is 83.3 cm³/mol. The quantitative estimate of drug-likeness (QED) is 0.826. The lowest BCUT2D eigenvalue weighted by Gasteiger charge is -2.07. The van der Waals surface area contributed by atoms with Crippen LogP contribution in [0.3, 0.4) is 0 Å². The fourth-order valence-electron chi connectivity index (χ4n) is 1.92. The van der Waals surface area contributed by atoms with Gasteiger partial charge in [0.1, 0.15) is 0 Å². The molecule has 20 heavy (non-hydrogen) atoms. The number of carbonyl (C=O) groups is 1. The molecule has 2 aromatic rings. The summed E-state index contributed by atoms with van der Waals surface area (Å²) in [5, 5.41) is 4.16. The van der Waals surface area contributed by atoms with Crippen LogP contribution in [0.25, 0.3) is 10.2 Å². The molecule has 0 saturated carbocycles. The van der Waals surface area contributed by atoms with E-state index in [0.29, 0.717) is 12.8 Å². The molecule has 4 nitrogen and oxygen atoms in total. The van der Waals surface area contributed by atoms with Crippen molar-refractivity contribution in [2.45, 2.75) is 39.7 Å². The molecular weight excluding hydrogens is 272 g/mol. The monoisotopic (exact) mass is 292 g/mol. The van der Waals surface area contributed by atoms with Gasteiger partial charge in [-0.2, -0.15) is 0 Å². The molecule has 0 aliphatic heterocycles. The van der Waals surface area contributed by atoms with Crippen LogP contribution < -0.4 is 5.32 Å².